The predicted octanol–water partition coefficient (Wildman–Crippen LogP) is 2.79. The minimum Gasteiger partial charge on any atom is -0.365 e. The maximum atomic E-state index is 12.8. The van der Waals surface area contributed by atoms with Crippen LogP contribution in [0, 0.1) is 0 Å². The summed E-state index contributed by atoms with van der Waals surface area (Å²) in [5, 5.41) is 3.59. The van der Waals surface area contributed by atoms with E-state index in [0.29, 0.717) is 35.0 Å². The molecule has 136 valence electrons. The molecule has 2 aromatic rings. The highest BCUT2D eigenvalue weighted by Gasteiger charge is 2.35. The molecule has 3 N–H and O–H groups in total. The zero-order chi connectivity index (χ0) is 18.8. The van der Waals surface area contributed by atoms with Crippen LogP contribution in [0.5, 0.6) is 0 Å². The number of primary amides is 1. The Hall–Kier alpha value is -2.16. The van der Waals surface area contributed by atoms with Crippen molar-refractivity contribution in [2.45, 2.75) is 18.9 Å². The molecule has 0 radical (unpaired) electrons. The molecule has 10 heteroatoms. The van der Waals surface area contributed by atoms with Crippen molar-refractivity contribution in [3.8, 4) is 0 Å². The number of benzene rings is 1. The van der Waals surface area contributed by atoms with Crippen molar-refractivity contribution < 1.29 is 14.4 Å². The van der Waals surface area contributed by atoms with E-state index in [1.54, 1.807) is 0 Å². The highest BCUT2D eigenvalue weighted by molar-refractivity contribution is 7.17. The second-order valence-corrected chi connectivity index (χ2v) is 7.60. The number of hydrogen-bond acceptors (Lipinski definition) is 5. The second kappa shape index (κ2) is 7.61. The summed E-state index contributed by atoms with van der Waals surface area (Å²) >= 11 is 12.9. The summed E-state index contributed by atoms with van der Waals surface area (Å²) in [5.41, 5.74) is 5.50. The quantitative estimate of drug-likeness (QED) is 0.804. The highest BCUT2D eigenvalue weighted by atomic mass is 35.5. The standard InChI is InChI=1S/C16H14Cl2N4O3S/c17-9-4-8(5-10(18)6-9)15(25)22-3-1-2-11(22)14(24)21-16-20-7-12(26-16)13(19)23/h4-7,11H,1-3H2,(H2,19,23)(H,20,21,24). The zero-order valence-electron chi connectivity index (χ0n) is 13.4. The topological polar surface area (TPSA) is 105 Å². The Bertz CT molecular complexity index is 866. The minimum atomic E-state index is -0.638. The molecule has 7 nitrogen and oxygen atoms in total. The Morgan fingerprint density at radius 1 is 1.23 bits per heavy atom. The van der Waals surface area contributed by atoms with Crippen LogP contribution in [0.2, 0.25) is 10.0 Å². The number of likely N-dealkylation sites (tertiary alicyclic amines) is 1. The molecule has 3 rings (SSSR count). The molecule has 1 aromatic carbocycles. The number of thiazole rings is 1. The number of carbonyl (C=O) groups is 3. The van der Waals surface area contributed by atoms with Gasteiger partial charge in [0.1, 0.15) is 10.9 Å². The van der Waals surface area contributed by atoms with Gasteiger partial charge < -0.3 is 16.0 Å². The van der Waals surface area contributed by atoms with Gasteiger partial charge in [0.25, 0.3) is 11.8 Å². The van der Waals surface area contributed by atoms with Gasteiger partial charge in [-0.25, -0.2) is 4.98 Å². The van der Waals surface area contributed by atoms with Crippen LogP contribution in [0.3, 0.4) is 0 Å². The number of hydrogen-bond donors (Lipinski definition) is 2. The molecule has 1 saturated heterocycles. The molecule has 1 aromatic heterocycles. The number of carbonyl (C=O) groups excluding carboxylic acids is 3. The molecule has 26 heavy (non-hydrogen) atoms. The maximum Gasteiger partial charge on any atom is 0.260 e. The van der Waals surface area contributed by atoms with Crippen molar-refractivity contribution in [3.05, 3.63) is 44.9 Å². The van der Waals surface area contributed by atoms with Gasteiger partial charge in [0.2, 0.25) is 5.91 Å². The lowest BCUT2D eigenvalue weighted by atomic mass is 10.1. The molecule has 1 unspecified atom stereocenters. The first kappa shape index (κ1) is 18.6. The van der Waals surface area contributed by atoms with Crippen molar-refractivity contribution >= 4 is 57.4 Å². The molecule has 1 aliphatic heterocycles. The Balaban J connectivity index is 1.75. The van der Waals surface area contributed by atoms with Crippen molar-refractivity contribution in [1.29, 1.82) is 0 Å². The van der Waals surface area contributed by atoms with Crippen LogP contribution in [-0.4, -0.2) is 40.2 Å². The Kier molecular flexibility index (Phi) is 5.45. The monoisotopic (exact) mass is 412 g/mol. The maximum absolute atomic E-state index is 12.8. The number of nitrogens with two attached hydrogens (primary N) is 1. The van der Waals surface area contributed by atoms with E-state index in [1.807, 2.05) is 0 Å². The van der Waals surface area contributed by atoms with Crippen molar-refractivity contribution in [1.82, 2.24) is 9.88 Å². The van der Waals surface area contributed by atoms with Crippen LogP contribution < -0.4 is 11.1 Å². The lowest BCUT2D eigenvalue weighted by Crippen LogP contribution is -2.43. The second-order valence-electron chi connectivity index (χ2n) is 5.70. The number of nitrogens with one attached hydrogen (secondary N) is 1. The van der Waals surface area contributed by atoms with Gasteiger partial charge in [0, 0.05) is 22.2 Å². The van der Waals surface area contributed by atoms with E-state index in [9.17, 15) is 14.4 Å². The highest BCUT2D eigenvalue weighted by Crippen LogP contribution is 2.26. The first-order chi connectivity index (χ1) is 12.3. The molecule has 1 fully saturated rings. The zero-order valence-corrected chi connectivity index (χ0v) is 15.7. The molecule has 0 saturated carbocycles. The number of rotatable bonds is 4. The minimum absolute atomic E-state index is 0.244. The lowest BCUT2D eigenvalue weighted by Gasteiger charge is -2.23. The fourth-order valence-electron chi connectivity index (χ4n) is 2.76. The third kappa shape index (κ3) is 3.98. The van der Waals surface area contributed by atoms with E-state index in [4.69, 9.17) is 28.9 Å². The molecule has 3 amide bonds. The summed E-state index contributed by atoms with van der Waals surface area (Å²) < 4.78 is 0. The fraction of sp³-hybridized carbons (Fsp3) is 0.250. The van der Waals surface area contributed by atoms with Crippen molar-refractivity contribution in [3.63, 3.8) is 0 Å². The smallest absolute Gasteiger partial charge is 0.260 e. The third-order valence-electron chi connectivity index (χ3n) is 3.90. The van der Waals surface area contributed by atoms with E-state index in [0.717, 1.165) is 11.3 Å². The molecule has 1 aliphatic rings. The normalized spacial score (nSPS) is 16.5. The molecule has 1 atom stereocenters. The SMILES string of the molecule is NC(=O)c1cnc(NC(=O)C2CCCN2C(=O)c2cc(Cl)cc(Cl)c2)s1. The number of anilines is 1. The third-order valence-corrected chi connectivity index (χ3v) is 5.27. The van der Waals surface area contributed by atoms with Crippen LogP contribution in [0.15, 0.2) is 24.4 Å². The van der Waals surface area contributed by atoms with E-state index < -0.39 is 11.9 Å². The van der Waals surface area contributed by atoms with E-state index in [1.165, 1.54) is 29.3 Å². The van der Waals surface area contributed by atoms with Gasteiger partial charge >= 0.3 is 0 Å². The first-order valence-electron chi connectivity index (χ1n) is 7.68. The summed E-state index contributed by atoms with van der Waals surface area (Å²) in [6.45, 7) is 0.450. The van der Waals surface area contributed by atoms with Gasteiger partial charge in [0.15, 0.2) is 5.13 Å². The summed E-state index contributed by atoms with van der Waals surface area (Å²) in [5.74, 6) is -1.29. The summed E-state index contributed by atoms with van der Waals surface area (Å²) in [6, 6.07) is 3.93. The van der Waals surface area contributed by atoms with Crippen LogP contribution in [0.4, 0.5) is 5.13 Å². The summed E-state index contributed by atoms with van der Waals surface area (Å²) in [4.78, 5) is 42.1. The van der Waals surface area contributed by atoms with Gasteiger partial charge in [0.05, 0.1) is 6.20 Å². The molecule has 0 bridgehead atoms. The molecule has 0 spiro atoms. The number of aromatic nitrogens is 1. The van der Waals surface area contributed by atoms with Crippen molar-refractivity contribution in [2.24, 2.45) is 5.73 Å². The predicted molar refractivity (Wildman–Crippen MR) is 99.8 cm³/mol. The van der Waals surface area contributed by atoms with Gasteiger partial charge in [-0.15, -0.1) is 0 Å². The van der Waals surface area contributed by atoms with Crippen molar-refractivity contribution in [2.75, 3.05) is 11.9 Å². The van der Waals surface area contributed by atoms with Crippen LogP contribution in [0.1, 0.15) is 32.9 Å². The van der Waals surface area contributed by atoms with Gasteiger partial charge in [-0.05, 0) is 31.0 Å². The summed E-state index contributed by atoms with van der Waals surface area (Å²) in [6.07, 6.45) is 2.52. The average molecular weight is 413 g/mol. The molecular formula is C16H14Cl2N4O3S. The molecule has 0 aliphatic carbocycles. The Morgan fingerprint density at radius 2 is 1.92 bits per heavy atom. The largest absolute Gasteiger partial charge is 0.365 e. The summed E-state index contributed by atoms with van der Waals surface area (Å²) in [7, 11) is 0. The van der Waals surface area contributed by atoms with Gasteiger partial charge in [-0.2, -0.15) is 0 Å². The van der Waals surface area contributed by atoms with Crippen LogP contribution in [0.25, 0.3) is 0 Å². The molecule has 2 heterocycles. The average Bonchev–Trinajstić information content (AvgIpc) is 3.22. The number of halogens is 2. The fourth-order valence-corrected chi connectivity index (χ4v) is 3.96. The Labute approximate surface area is 163 Å². The van der Waals surface area contributed by atoms with Crippen LogP contribution in [-0.2, 0) is 4.79 Å². The number of amides is 3. The lowest BCUT2D eigenvalue weighted by molar-refractivity contribution is -0.119. The Morgan fingerprint density at radius 3 is 2.54 bits per heavy atom. The first-order valence-corrected chi connectivity index (χ1v) is 9.26. The van der Waals surface area contributed by atoms with E-state index >= 15 is 0 Å². The number of nitrogens with zero attached hydrogens (tertiary/aromatic N) is 2. The molecular weight excluding hydrogens is 399 g/mol. The van der Waals surface area contributed by atoms with Gasteiger partial charge in [-0.3, -0.25) is 14.4 Å². The van der Waals surface area contributed by atoms with E-state index in [-0.39, 0.29) is 21.8 Å². The van der Waals surface area contributed by atoms with E-state index in [2.05, 4.69) is 10.3 Å². The van der Waals surface area contributed by atoms with Crippen LogP contribution >= 0.6 is 34.5 Å². The van der Waals surface area contributed by atoms with Gasteiger partial charge in [-0.1, -0.05) is 34.5 Å².